The van der Waals surface area contributed by atoms with Crippen LogP contribution in [0.5, 0.6) is 5.75 Å². The highest BCUT2D eigenvalue weighted by Crippen LogP contribution is 2.18. The number of rotatable bonds is 11. The number of phenolic OH excluding ortho intramolecular Hbond substituents is 1. The molecule has 0 fully saturated rings. The maximum absolute atomic E-state index is 9.86. The molecule has 0 aliphatic rings. The highest BCUT2D eigenvalue weighted by atomic mass is 16.5. The van der Waals surface area contributed by atoms with Crippen LogP contribution in [0.1, 0.15) is 64.4 Å². The molecule has 0 unspecified atom stereocenters. The highest BCUT2D eigenvalue weighted by Gasteiger charge is 2.01. The van der Waals surface area contributed by atoms with Gasteiger partial charge in [0.2, 0.25) is 0 Å². The SMILES string of the molecule is C=C(OCC)C(=O)O.CCCCCCCCCc1ccccc1O. The minimum Gasteiger partial charge on any atom is -0.508 e. The van der Waals surface area contributed by atoms with Gasteiger partial charge in [-0.15, -0.1) is 0 Å². The van der Waals surface area contributed by atoms with E-state index in [2.05, 4.69) is 18.2 Å². The van der Waals surface area contributed by atoms with Crippen LogP contribution in [0.3, 0.4) is 0 Å². The molecule has 4 nitrogen and oxygen atoms in total. The summed E-state index contributed by atoms with van der Waals surface area (Å²) < 4.78 is 4.51. The van der Waals surface area contributed by atoms with Crippen molar-refractivity contribution in [2.75, 3.05) is 6.61 Å². The fourth-order valence-electron chi connectivity index (χ4n) is 2.23. The van der Waals surface area contributed by atoms with Crippen molar-refractivity contribution in [3.05, 3.63) is 42.2 Å². The number of carbonyl (C=O) groups is 1. The molecule has 1 aromatic carbocycles. The Labute approximate surface area is 146 Å². The Kier molecular flexibility index (Phi) is 13.4. The molecule has 2 N–H and O–H groups in total. The lowest BCUT2D eigenvalue weighted by atomic mass is 10.0. The van der Waals surface area contributed by atoms with Gasteiger partial charge in [-0.2, -0.15) is 0 Å². The van der Waals surface area contributed by atoms with Gasteiger partial charge in [-0.25, -0.2) is 4.79 Å². The van der Waals surface area contributed by atoms with Crippen LogP contribution in [0.4, 0.5) is 0 Å². The molecular formula is C20H32O4. The van der Waals surface area contributed by atoms with E-state index < -0.39 is 5.97 Å². The number of benzene rings is 1. The van der Waals surface area contributed by atoms with Gasteiger partial charge in [0.1, 0.15) is 5.75 Å². The van der Waals surface area contributed by atoms with E-state index in [1.54, 1.807) is 13.0 Å². The normalized spacial score (nSPS) is 9.75. The molecule has 0 amide bonds. The summed E-state index contributed by atoms with van der Waals surface area (Å²) >= 11 is 0. The molecule has 136 valence electrons. The van der Waals surface area contributed by atoms with E-state index in [0.29, 0.717) is 12.4 Å². The average Bonchev–Trinajstić information content (AvgIpc) is 2.56. The molecule has 0 aromatic heterocycles. The van der Waals surface area contributed by atoms with Crippen molar-refractivity contribution in [1.82, 2.24) is 0 Å². The molecule has 0 bridgehead atoms. The topological polar surface area (TPSA) is 66.8 Å². The first-order valence-corrected chi connectivity index (χ1v) is 8.84. The van der Waals surface area contributed by atoms with E-state index in [-0.39, 0.29) is 5.76 Å². The van der Waals surface area contributed by atoms with Gasteiger partial charge in [-0.1, -0.05) is 63.6 Å². The first kappa shape index (κ1) is 22.0. The van der Waals surface area contributed by atoms with Gasteiger partial charge >= 0.3 is 5.97 Å². The van der Waals surface area contributed by atoms with E-state index >= 15 is 0 Å². The van der Waals surface area contributed by atoms with E-state index in [4.69, 9.17) is 5.11 Å². The van der Waals surface area contributed by atoms with Crippen molar-refractivity contribution in [2.45, 2.75) is 65.2 Å². The quantitative estimate of drug-likeness (QED) is 0.326. The molecule has 0 saturated heterocycles. The molecule has 24 heavy (non-hydrogen) atoms. The number of carboxylic acids is 1. The predicted octanol–water partition coefficient (Wildman–Crippen LogP) is 5.31. The molecule has 1 rings (SSSR count). The third kappa shape index (κ3) is 11.6. The van der Waals surface area contributed by atoms with Crippen molar-refractivity contribution in [3.8, 4) is 5.75 Å². The number of carboxylic acid groups (broad SMARTS) is 1. The molecule has 0 heterocycles. The van der Waals surface area contributed by atoms with Crippen molar-refractivity contribution < 1.29 is 19.7 Å². The van der Waals surface area contributed by atoms with Crippen LogP contribution in [0.25, 0.3) is 0 Å². The highest BCUT2D eigenvalue weighted by molar-refractivity contribution is 5.83. The van der Waals surface area contributed by atoms with Gasteiger partial charge in [-0.3, -0.25) is 0 Å². The molecule has 0 aliphatic carbocycles. The number of aryl methyl sites for hydroxylation is 1. The minimum absolute atomic E-state index is 0.201. The van der Waals surface area contributed by atoms with E-state index in [1.807, 2.05) is 18.2 Å². The second-order valence-electron chi connectivity index (χ2n) is 5.66. The van der Waals surface area contributed by atoms with Crippen LogP contribution in [0.2, 0.25) is 0 Å². The van der Waals surface area contributed by atoms with Gasteiger partial charge in [0.15, 0.2) is 5.76 Å². The molecule has 0 radical (unpaired) electrons. The van der Waals surface area contributed by atoms with Gasteiger partial charge in [-0.05, 0) is 38.0 Å². The second kappa shape index (κ2) is 14.6. The summed E-state index contributed by atoms with van der Waals surface area (Å²) in [6.45, 7) is 7.43. The largest absolute Gasteiger partial charge is 0.508 e. The molecule has 4 heteroatoms. The fourth-order valence-corrected chi connectivity index (χ4v) is 2.23. The zero-order chi connectivity index (χ0) is 18.2. The molecule has 1 aromatic rings. The average molecular weight is 336 g/mol. The minimum atomic E-state index is -1.10. The van der Waals surface area contributed by atoms with Crippen molar-refractivity contribution in [2.24, 2.45) is 0 Å². The van der Waals surface area contributed by atoms with Gasteiger partial charge in [0, 0.05) is 0 Å². The summed E-state index contributed by atoms with van der Waals surface area (Å²) in [7, 11) is 0. The van der Waals surface area contributed by atoms with Crippen molar-refractivity contribution in [3.63, 3.8) is 0 Å². The van der Waals surface area contributed by atoms with Crippen LogP contribution in [0, 0.1) is 0 Å². The smallest absolute Gasteiger partial charge is 0.370 e. The Bertz CT molecular complexity index is 468. The standard InChI is InChI=1S/C15H24O.C5H8O3/c1-2-3-4-5-6-7-8-11-14-12-9-10-13-15(14)16;1-3-8-4(2)5(6)7/h9-10,12-13,16H,2-8,11H2,1H3;2-3H2,1H3,(H,6,7). The van der Waals surface area contributed by atoms with Crippen LogP contribution < -0.4 is 0 Å². The number of hydrogen-bond donors (Lipinski definition) is 2. The summed E-state index contributed by atoms with van der Waals surface area (Å²) in [6.07, 6.45) is 10.3. The second-order valence-corrected chi connectivity index (χ2v) is 5.66. The monoisotopic (exact) mass is 336 g/mol. The fraction of sp³-hybridized carbons (Fsp3) is 0.550. The predicted molar refractivity (Wildman–Crippen MR) is 98.2 cm³/mol. The zero-order valence-electron chi connectivity index (χ0n) is 15.1. The Morgan fingerprint density at radius 3 is 2.12 bits per heavy atom. The van der Waals surface area contributed by atoms with Crippen LogP contribution >= 0.6 is 0 Å². The number of phenols is 1. The maximum atomic E-state index is 9.86. The Morgan fingerprint density at radius 1 is 1.04 bits per heavy atom. The summed E-state index contributed by atoms with van der Waals surface area (Å²) in [5.74, 6) is -0.854. The number of para-hydroxylation sites is 1. The maximum Gasteiger partial charge on any atom is 0.370 e. The summed E-state index contributed by atoms with van der Waals surface area (Å²) in [5.41, 5.74) is 1.09. The lowest BCUT2D eigenvalue weighted by molar-refractivity contribution is -0.136. The molecule has 0 spiro atoms. The Morgan fingerprint density at radius 2 is 1.62 bits per heavy atom. The number of aromatic hydroxyl groups is 1. The molecule has 0 aliphatic heterocycles. The van der Waals surface area contributed by atoms with E-state index in [9.17, 15) is 9.90 Å². The summed E-state index contributed by atoms with van der Waals surface area (Å²) in [4.78, 5) is 9.86. The summed E-state index contributed by atoms with van der Waals surface area (Å²) in [5, 5.41) is 17.7. The Balaban J connectivity index is 0.000000561. The zero-order valence-corrected chi connectivity index (χ0v) is 15.1. The van der Waals surface area contributed by atoms with Crippen LogP contribution in [-0.4, -0.2) is 22.8 Å². The van der Waals surface area contributed by atoms with Crippen LogP contribution in [0.15, 0.2) is 36.6 Å². The Hall–Kier alpha value is -1.97. The van der Waals surface area contributed by atoms with Gasteiger partial charge in [0.25, 0.3) is 0 Å². The number of hydrogen-bond acceptors (Lipinski definition) is 3. The van der Waals surface area contributed by atoms with Gasteiger partial charge < -0.3 is 14.9 Å². The molecular weight excluding hydrogens is 304 g/mol. The third-order valence-electron chi connectivity index (χ3n) is 3.60. The van der Waals surface area contributed by atoms with Crippen LogP contribution in [-0.2, 0) is 16.0 Å². The number of unbranched alkanes of at least 4 members (excludes halogenated alkanes) is 6. The third-order valence-corrected chi connectivity index (χ3v) is 3.60. The van der Waals surface area contributed by atoms with Crippen molar-refractivity contribution >= 4 is 5.97 Å². The van der Waals surface area contributed by atoms with E-state index in [1.165, 1.54) is 44.9 Å². The van der Waals surface area contributed by atoms with Gasteiger partial charge in [0.05, 0.1) is 6.61 Å². The molecule has 0 atom stereocenters. The lowest BCUT2D eigenvalue weighted by Gasteiger charge is -2.04. The first-order chi connectivity index (χ1) is 11.5. The van der Waals surface area contributed by atoms with Crippen molar-refractivity contribution in [1.29, 1.82) is 0 Å². The van der Waals surface area contributed by atoms with E-state index in [0.717, 1.165) is 12.0 Å². The lowest BCUT2D eigenvalue weighted by Crippen LogP contribution is -2.02. The molecule has 0 saturated carbocycles. The first-order valence-electron chi connectivity index (χ1n) is 8.84. The number of ether oxygens (including phenoxy) is 1. The number of aliphatic carboxylic acids is 1. The summed E-state index contributed by atoms with van der Waals surface area (Å²) in [6, 6.07) is 7.67.